The molecule has 0 heterocycles. The summed E-state index contributed by atoms with van der Waals surface area (Å²) in [6.07, 6.45) is -5.23. The molecule has 90 valence electrons. The van der Waals surface area contributed by atoms with Gasteiger partial charge in [-0.05, 0) is 6.92 Å². The van der Waals surface area contributed by atoms with Crippen molar-refractivity contribution in [2.75, 3.05) is 0 Å². The van der Waals surface area contributed by atoms with Gasteiger partial charge in [0, 0.05) is 0 Å². The summed E-state index contributed by atoms with van der Waals surface area (Å²) in [6.45, 7) is 1.09. The van der Waals surface area contributed by atoms with Crippen molar-refractivity contribution in [1.82, 2.24) is 5.32 Å². The van der Waals surface area contributed by atoms with E-state index >= 15 is 0 Å². The number of rotatable bonds is 3. The van der Waals surface area contributed by atoms with Gasteiger partial charge in [0.05, 0.1) is 6.04 Å². The fraction of sp³-hybridized carbons (Fsp3) is 0.800. The van der Waals surface area contributed by atoms with Gasteiger partial charge >= 0.3 is 13.8 Å². The van der Waals surface area contributed by atoms with Crippen molar-refractivity contribution in [1.29, 1.82) is 0 Å². The van der Waals surface area contributed by atoms with E-state index in [1.54, 1.807) is 0 Å². The van der Waals surface area contributed by atoms with Gasteiger partial charge in [-0.3, -0.25) is 9.36 Å². The first-order chi connectivity index (χ1) is 6.46. The molecule has 0 aliphatic carbocycles. The van der Waals surface area contributed by atoms with Gasteiger partial charge in [-0.15, -0.1) is 0 Å². The highest BCUT2D eigenvalue weighted by Gasteiger charge is 2.52. The van der Waals surface area contributed by atoms with Crippen LogP contribution in [-0.4, -0.2) is 33.7 Å². The molecule has 0 saturated carbocycles. The van der Waals surface area contributed by atoms with Crippen LogP contribution in [0.2, 0.25) is 0 Å². The molecular weight excluding hydrogens is 240 g/mol. The Morgan fingerprint density at radius 3 is 2.07 bits per heavy atom. The SMILES string of the molecule is CC(N)C(=O)N[C@@H](C(F)(F)F)P(=O)(O)O. The first-order valence-electron chi connectivity index (χ1n) is 3.64. The van der Waals surface area contributed by atoms with Crippen LogP contribution in [0.25, 0.3) is 0 Å². The van der Waals surface area contributed by atoms with Gasteiger partial charge in [0.15, 0.2) is 0 Å². The fourth-order valence-electron chi connectivity index (χ4n) is 0.623. The number of carbonyl (C=O) groups excluding carboxylic acids is 1. The van der Waals surface area contributed by atoms with Gasteiger partial charge in [-0.1, -0.05) is 0 Å². The van der Waals surface area contributed by atoms with Gasteiger partial charge in [0.25, 0.3) is 0 Å². The first-order valence-corrected chi connectivity index (χ1v) is 5.32. The molecule has 0 aromatic carbocycles. The summed E-state index contributed by atoms with van der Waals surface area (Å²) in [6, 6.07) is -1.29. The quantitative estimate of drug-likeness (QED) is 0.505. The highest BCUT2D eigenvalue weighted by molar-refractivity contribution is 7.52. The van der Waals surface area contributed by atoms with E-state index in [0.717, 1.165) is 12.2 Å². The van der Waals surface area contributed by atoms with Crippen LogP contribution in [-0.2, 0) is 9.36 Å². The van der Waals surface area contributed by atoms with Crippen LogP contribution in [0.3, 0.4) is 0 Å². The second-order valence-electron chi connectivity index (χ2n) is 2.83. The number of halogens is 3. The van der Waals surface area contributed by atoms with Crippen molar-refractivity contribution in [2.45, 2.75) is 24.9 Å². The van der Waals surface area contributed by atoms with Crippen LogP contribution >= 0.6 is 7.60 Å². The zero-order valence-electron chi connectivity index (χ0n) is 7.52. The lowest BCUT2D eigenvalue weighted by Gasteiger charge is -2.22. The van der Waals surface area contributed by atoms with E-state index in [1.807, 2.05) is 0 Å². The monoisotopic (exact) mass is 250 g/mol. The Labute approximate surface area is 82.8 Å². The van der Waals surface area contributed by atoms with E-state index in [1.165, 1.54) is 0 Å². The molecule has 1 unspecified atom stereocenters. The second-order valence-corrected chi connectivity index (χ2v) is 4.53. The number of carbonyl (C=O) groups is 1. The Hall–Kier alpha value is -0.630. The largest absolute Gasteiger partial charge is 0.420 e. The van der Waals surface area contributed by atoms with Crippen molar-refractivity contribution >= 4 is 13.5 Å². The lowest BCUT2D eigenvalue weighted by Crippen LogP contribution is -2.49. The minimum Gasteiger partial charge on any atom is -0.333 e. The Morgan fingerprint density at radius 1 is 1.47 bits per heavy atom. The number of hydrogen-bond acceptors (Lipinski definition) is 3. The Kier molecular flexibility index (Phi) is 4.29. The maximum atomic E-state index is 12.1. The van der Waals surface area contributed by atoms with Crippen LogP contribution in [0.5, 0.6) is 0 Å². The fourth-order valence-corrected chi connectivity index (χ4v) is 1.30. The highest BCUT2D eigenvalue weighted by Crippen LogP contribution is 2.47. The van der Waals surface area contributed by atoms with Crippen LogP contribution in [0.15, 0.2) is 0 Å². The Morgan fingerprint density at radius 2 is 1.87 bits per heavy atom. The summed E-state index contributed by atoms with van der Waals surface area (Å²) in [7, 11) is -5.50. The van der Waals surface area contributed by atoms with Crippen molar-refractivity contribution in [3.63, 3.8) is 0 Å². The van der Waals surface area contributed by atoms with Crippen molar-refractivity contribution < 1.29 is 32.3 Å². The van der Waals surface area contributed by atoms with E-state index < -0.39 is 31.5 Å². The molecule has 0 aliphatic heterocycles. The molecular formula is C5H10F3N2O4P. The van der Waals surface area contributed by atoms with Crippen LogP contribution < -0.4 is 11.1 Å². The predicted octanol–water partition coefficient (Wildman–Crippen LogP) is -0.484. The summed E-state index contributed by atoms with van der Waals surface area (Å²) in [5.41, 5.74) is 4.94. The molecule has 0 saturated heterocycles. The molecule has 6 nitrogen and oxygen atoms in total. The van der Waals surface area contributed by atoms with Gasteiger partial charge in [-0.25, -0.2) is 0 Å². The lowest BCUT2D eigenvalue weighted by atomic mass is 10.3. The summed E-state index contributed by atoms with van der Waals surface area (Å²) in [4.78, 5) is 27.5. The highest BCUT2D eigenvalue weighted by atomic mass is 31.2. The number of nitrogens with two attached hydrogens (primary N) is 1. The summed E-state index contributed by atoms with van der Waals surface area (Å²) < 4.78 is 46.7. The van der Waals surface area contributed by atoms with Crippen LogP contribution in [0, 0.1) is 0 Å². The standard InChI is InChI=1S/C5H10F3N2O4P/c1-2(9)3(11)10-4(5(6,7)8)15(12,13)14/h2,4H,9H2,1H3,(H,10,11)(H2,12,13,14)/t2?,4-/m1/s1. The minimum absolute atomic E-state index is 1.09. The topological polar surface area (TPSA) is 113 Å². The van der Waals surface area contributed by atoms with E-state index in [4.69, 9.17) is 15.5 Å². The van der Waals surface area contributed by atoms with E-state index in [2.05, 4.69) is 0 Å². The molecule has 0 spiro atoms. The molecule has 0 fully saturated rings. The molecule has 0 aromatic rings. The maximum Gasteiger partial charge on any atom is 0.420 e. The average molecular weight is 250 g/mol. The minimum atomic E-state index is -5.50. The van der Waals surface area contributed by atoms with Gasteiger partial charge in [0.1, 0.15) is 0 Å². The molecule has 2 atom stereocenters. The van der Waals surface area contributed by atoms with Crippen LogP contribution in [0.4, 0.5) is 13.2 Å². The summed E-state index contributed by atoms with van der Waals surface area (Å²) in [5, 5.41) is 1.14. The van der Waals surface area contributed by atoms with E-state index in [0.29, 0.717) is 0 Å². The molecule has 5 N–H and O–H groups in total. The first kappa shape index (κ1) is 14.4. The molecule has 0 bridgehead atoms. The second kappa shape index (κ2) is 4.48. The van der Waals surface area contributed by atoms with Crippen molar-refractivity contribution in [2.24, 2.45) is 5.73 Å². The third kappa shape index (κ3) is 4.61. The zero-order chi connectivity index (χ0) is 12.4. The van der Waals surface area contributed by atoms with E-state index in [-0.39, 0.29) is 0 Å². The number of hydrogen-bond donors (Lipinski definition) is 4. The van der Waals surface area contributed by atoms with Crippen molar-refractivity contribution in [3.8, 4) is 0 Å². The smallest absolute Gasteiger partial charge is 0.333 e. The third-order valence-corrected chi connectivity index (χ3v) is 2.43. The van der Waals surface area contributed by atoms with E-state index in [9.17, 15) is 22.5 Å². The molecule has 0 aliphatic rings. The molecule has 1 amide bonds. The maximum absolute atomic E-state index is 12.1. The van der Waals surface area contributed by atoms with Gasteiger partial charge in [-0.2, -0.15) is 13.2 Å². The normalized spacial score (nSPS) is 17.0. The zero-order valence-corrected chi connectivity index (χ0v) is 8.42. The lowest BCUT2D eigenvalue weighted by molar-refractivity contribution is -0.149. The molecule has 0 aromatic heterocycles. The van der Waals surface area contributed by atoms with Crippen LogP contribution in [0.1, 0.15) is 6.92 Å². The number of amides is 1. The molecule has 0 rings (SSSR count). The van der Waals surface area contributed by atoms with Crippen molar-refractivity contribution in [3.05, 3.63) is 0 Å². The average Bonchev–Trinajstić information content (AvgIpc) is 1.94. The summed E-state index contributed by atoms with van der Waals surface area (Å²) >= 11 is 0. The van der Waals surface area contributed by atoms with Gasteiger partial charge < -0.3 is 20.8 Å². The number of alkyl halides is 3. The molecule has 0 radical (unpaired) electrons. The summed E-state index contributed by atoms with van der Waals surface area (Å²) in [5.74, 6) is -4.51. The Balaban J connectivity index is 4.86. The number of nitrogens with one attached hydrogen (secondary N) is 1. The molecule has 15 heavy (non-hydrogen) atoms. The predicted molar refractivity (Wildman–Crippen MR) is 43.7 cm³/mol. The Bertz CT molecular complexity index is 286. The van der Waals surface area contributed by atoms with Gasteiger partial charge in [0.2, 0.25) is 11.7 Å². The molecule has 10 heteroatoms. The third-order valence-electron chi connectivity index (χ3n) is 1.34.